The Kier molecular flexibility index (Phi) is 6.47. The van der Waals surface area contributed by atoms with Gasteiger partial charge in [0.25, 0.3) is 11.8 Å². The number of para-hydroxylation sites is 1. The number of rotatable bonds is 7. The molecule has 6 nitrogen and oxygen atoms in total. The van der Waals surface area contributed by atoms with Gasteiger partial charge in [0.05, 0.1) is 19.8 Å². The zero-order valence-corrected chi connectivity index (χ0v) is 14.1. The quantitative estimate of drug-likeness (QED) is 0.698. The predicted molar refractivity (Wildman–Crippen MR) is 93.3 cm³/mol. The Morgan fingerprint density at radius 1 is 1.04 bits per heavy atom. The number of carbonyl (C=O) groups excluding carboxylic acids is 2. The third kappa shape index (κ3) is 5.89. The standard InChI is InChI=1S/C18H20FN3O3/c1-22(12-18(24)21-16-9-4-3-8-15(16)19)11-17(23)20-13-6-5-7-14(10-13)25-2/h3-10H,11-12H2,1-2H3,(H,20,23)(H,21,24)/p+1. The smallest absolute Gasteiger partial charge is 0.279 e. The van der Waals surface area contributed by atoms with Gasteiger partial charge in [-0.3, -0.25) is 9.59 Å². The summed E-state index contributed by atoms with van der Waals surface area (Å²) in [5, 5.41) is 5.24. The third-order valence-corrected chi connectivity index (χ3v) is 3.43. The number of nitrogens with one attached hydrogen (secondary N) is 3. The average Bonchev–Trinajstić information content (AvgIpc) is 2.56. The van der Waals surface area contributed by atoms with E-state index in [-0.39, 0.29) is 30.6 Å². The number of quaternary nitrogens is 1. The van der Waals surface area contributed by atoms with Crippen LogP contribution in [0.3, 0.4) is 0 Å². The zero-order chi connectivity index (χ0) is 18.2. The Morgan fingerprint density at radius 3 is 2.40 bits per heavy atom. The molecule has 0 aliphatic heterocycles. The fourth-order valence-corrected chi connectivity index (χ4v) is 2.27. The van der Waals surface area contributed by atoms with Crippen molar-refractivity contribution in [3.8, 4) is 5.75 Å². The summed E-state index contributed by atoms with van der Waals surface area (Å²) in [7, 11) is 3.26. The fourth-order valence-electron chi connectivity index (χ4n) is 2.27. The molecule has 1 unspecified atom stereocenters. The molecule has 2 rings (SSSR count). The van der Waals surface area contributed by atoms with Crippen molar-refractivity contribution < 1.29 is 23.6 Å². The first-order chi connectivity index (χ1) is 12.0. The van der Waals surface area contributed by atoms with E-state index in [4.69, 9.17) is 4.74 Å². The van der Waals surface area contributed by atoms with E-state index in [1.807, 2.05) is 0 Å². The lowest BCUT2D eigenvalue weighted by molar-refractivity contribution is -0.862. The van der Waals surface area contributed by atoms with Gasteiger partial charge in [-0.05, 0) is 24.3 Å². The fraction of sp³-hybridized carbons (Fsp3) is 0.222. The molecule has 2 amide bonds. The van der Waals surface area contributed by atoms with Crippen LogP contribution in [0.5, 0.6) is 5.75 Å². The van der Waals surface area contributed by atoms with Crippen LogP contribution in [0.4, 0.5) is 15.8 Å². The molecule has 3 N–H and O–H groups in total. The molecule has 0 fully saturated rings. The Bertz CT molecular complexity index is 752. The molecule has 0 bridgehead atoms. The van der Waals surface area contributed by atoms with E-state index in [0.717, 1.165) is 0 Å². The lowest BCUT2D eigenvalue weighted by atomic mass is 10.3. The Balaban J connectivity index is 1.82. The molecule has 0 spiro atoms. The van der Waals surface area contributed by atoms with Crippen LogP contribution >= 0.6 is 0 Å². The second kappa shape index (κ2) is 8.79. The van der Waals surface area contributed by atoms with Gasteiger partial charge in [-0.1, -0.05) is 18.2 Å². The van der Waals surface area contributed by atoms with Crippen molar-refractivity contribution in [3.05, 3.63) is 54.3 Å². The van der Waals surface area contributed by atoms with E-state index < -0.39 is 5.82 Å². The summed E-state index contributed by atoms with van der Waals surface area (Å²) >= 11 is 0. The first-order valence-corrected chi connectivity index (χ1v) is 7.77. The van der Waals surface area contributed by atoms with Gasteiger partial charge in [-0.2, -0.15) is 0 Å². The van der Waals surface area contributed by atoms with E-state index >= 15 is 0 Å². The van der Waals surface area contributed by atoms with E-state index in [1.54, 1.807) is 50.6 Å². The number of methoxy groups -OCH3 is 1. The highest BCUT2D eigenvalue weighted by Gasteiger charge is 2.15. The number of ether oxygens (including phenoxy) is 1. The molecule has 0 heterocycles. The maximum absolute atomic E-state index is 13.5. The van der Waals surface area contributed by atoms with E-state index in [2.05, 4.69) is 10.6 Å². The molecule has 2 aromatic carbocycles. The molecule has 0 aliphatic rings. The van der Waals surface area contributed by atoms with Crippen molar-refractivity contribution in [1.29, 1.82) is 0 Å². The molecule has 0 saturated carbocycles. The van der Waals surface area contributed by atoms with Crippen molar-refractivity contribution in [2.24, 2.45) is 0 Å². The maximum Gasteiger partial charge on any atom is 0.279 e. The van der Waals surface area contributed by atoms with Crippen molar-refractivity contribution in [1.82, 2.24) is 0 Å². The Hall–Kier alpha value is -2.93. The van der Waals surface area contributed by atoms with Crippen molar-refractivity contribution in [2.45, 2.75) is 0 Å². The van der Waals surface area contributed by atoms with Crippen molar-refractivity contribution in [3.63, 3.8) is 0 Å². The van der Waals surface area contributed by atoms with Crippen LogP contribution in [0.15, 0.2) is 48.5 Å². The number of benzene rings is 2. The van der Waals surface area contributed by atoms with Gasteiger partial charge in [0, 0.05) is 11.8 Å². The lowest BCUT2D eigenvalue weighted by Gasteiger charge is -2.14. The number of likely N-dealkylation sites (N-methyl/N-ethyl adjacent to an activating group) is 1. The number of anilines is 2. The van der Waals surface area contributed by atoms with Gasteiger partial charge in [-0.25, -0.2) is 4.39 Å². The highest BCUT2D eigenvalue weighted by molar-refractivity contribution is 5.93. The number of halogens is 1. The molecule has 0 aliphatic carbocycles. The molecule has 1 atom stereocenters. The summed E-state index contributed by atoms with van der Waals surface area (Å²) < 4.78 is 18.6. The van der Waals surface area contributed by atoms with Crippen LogP contribution in [0.2, 0.25) is 0 Å². The van der Waals surface area contributed by atoms with Crippen LogP contribution in [0, 0.1) is 5.82 Å². The predicted octanol–water partition coefficient (Wildman–Crippen LogP) is 0.926. The normalized spacial score (nSPS) is 11.5. The molecule has 0 aromatic heterocycles. The highest BCUT2D eigenvalue weighted by Crippen LogP contribution is 2.16. The summed E-state index contributed by atoms with van der Waals surface area (Å²) in [4.78, 5) is 24.7. The third-order valence-electron chi connectivity index (χ3n) is 3.43. The molecule has 0 saturated heterocycles. The Labute approximate surface area is 145 Å². The van der Waals surface area contributed by atoms with Crippen molar-refractivity contribution >= 4 is 23.2 Å². The van der Waals surface area contributed by atoms with Gasteiger partial charge >= 0.3 is 0 Å². The molecule has 7 heteroatoms. The van der Waals surface area contributed by atoms with Crippen LogP contribution in [0.1, 0.15) is 0 Å². The SMILES string of the molecule is COc1cccc(NC(=O)C[NH+](C)CC(=O)Nc2ccccc2F)c1. The topological polar surface area (TPSA) is 71.9 Å². The minimum absolute atomic E-state index is 0.0415. The average molecular weight is 346 g/mol. The van der Waals surface area contributed by atoms with E-state index in [1.165, 1.54) is 12.1 Å². The van der Waals surface area contributed by atoms with Crippen LogP contribution in [-0.2, 0) is 9.59 Å². The van der Waals surface area contributed by atoms with Gasteiger partial charge in [-0.15, -0.1) is 0 Å². The number of hydrogen-bond donors (Lipinski definition) is 3. The second-order valence-electron chi connectivity index (χ2n) is 5.62. The second-order valence-corrected chi connectivity index (χ2v) is 5.62. The number of amides is 2. The van der Waals surface area contributed by atoms with E-state index in [0.29, 0.717) is 16.3 Å². The van der Waals surface area contributed by atoms with Crippen LogP contribution in [-0.4, -0.2) is 39.1 Å². The van der Waals surface area contributed by atoms with E-state index in [9.17, 15) is 14.0 Å². The molecule has 132 valence electrons. The number of carbonyl (C=O) groups is 2. The number of hydrogen-bond acceptors (Lipinski definition) is 3. The monoisotopic (exact) mass is 346 g/mol. The van der Waals surface area contributed by atoms with Crippen molar-refractivity contribution in [2.75, 3.05) is 37.9 Å². The molecule has 0 radical (unpaired) electrons. The molecular weight excluding hydrogens is 325 g/mol. The largest absolute Gasteiger partial charge is 0.497 e. The maximum atomic E-state index is 13.5. The molecule has 2 aromatic rings. The minimum Gasteiger partial charge on any atom is -0.497 e. The lowest BCUT2D eigenvalue weighted by Crippen LogP contribution is -3.11. The van der Waals surface area contributed by atoms with Gasteiger partial charge < -0.3 is 20.3 Å². The van der Waals surface area contributed by atoms with Crippen LogP contribution in [0.25, 0.3) is 0 Å². The summed E-state index contributed by atoms with van der Waals surface area (Å²) in [5.74, 6) is -0.451. The zero-order valence-electron chi connectivity index (χ0n) is 14.1. The first-order valence-electron chi connectivity index (χ1n) is 7.77. The van der Waals surface area contributed by atoms with Gasteiger partial charge in [0.1, 0.15) is 11.6 Å². The molecule has 25 heavy (non-hydrogen) atoms. The first kappa shape index (κ1) is 18.4. The summed E-state index contributed by atoms with van der Waals surface area (Å²) in [6.07, 6.45) is 0. The van der Waals surface area contributed by atoms with Crippen LogP contribution < -0.4 is 20.3 Å². The van der Waals surface area contributed by atoms with Gasteiger partial charge in [0.15, 0.2) is 13.1 Å². The minimum atomic E-state index is -0.496. The summed E-state index contributed by atoms with van der Waals surface area (Å²) in [6.45, 7) is 0.141. The Morgan fingerprint density at radius 2 is 1.72 bits per heavy atom. The van der Waals surface area contributed by atoms with Gasteiger partial charge in [0.2, 0.25) is 0 Å². The summed E-state index contributed by atoms with van der Waals surface area (Å²) in [6, 6.07) is 12.9. The summed E-state index contributed by atoms with van der Waals surface area (Å²) in [5.41, 5.74) is 0.745. The highest BCUT2D eigenvalue weighted by atomic mass is 19.1. The molecular formula is C18H21FN3O3+.